The standard InChI is InChI=1S/C16H18N4O/c17-7-2-10-20(11-3-8-18)16(21)14-5-6-15-13(12-14)4-1-9-19-15/h5-6,12,19H,1-4,9-11H2. The fourth-order valence-corrected chi connectivity index (χ4v) is 2.48. The van der Waals surface area contributed by atoms with Gasteiger partial charge in [-0.3, -0.25) is 4.79 Å². The lowest BCUT2D eigenvalue weighted by molar-refractivity contribution is 0.0762. The summed E-state index contributed by atoms with van der Waals surface area (Å²) in [6.07, 6.45) is 2.60. The Labute approximate surface area is 124 Å². The van der Waals surface area contributed by atoms with Crippen molar-refractivity contribution in [2.45, 2.75) is 25.7 Å². The van der Waals surface area contributed by atoms with Crippen molar-refractivity contribution in [2.24, 2.45) is 0 Å². The van der Waals surface area contributed by atoms with Gasteiger partial charge in [-0.2, -0.15) is 10.5 Å². The van der Waals surface area contributed by atoms with Gasteiger partial charge >= 0.3 is 0 Å². The Morgan fingerprint density at radius 1 is 1.24 bits per heavy atom. The van der Waals surface area contributed by atoms with Gasteiger partial charge in [-0.15, -0.1) is 0 Å². The molecule has 1 aliphatic heterocycles. The van der Waals surface area contributed by atoms with E-state index in [0.717, 1.165) is 30.6 Å². The Hall–Kier alpha value is -2.53. The number of nitriles is 2. The van der Waals surface area contributed by atoms with Crippen molar-refractivity contribution in [3.05, 3.63) is 29.3 Å². The number of benzene rings is 1. The van der Waals surface area contributed by atoms with E-state index in [4.69, 9.17) is 10.5 Å². The number of hydrogen-bond donors (Lipinski definition) is 1. The van der Waals surface area contributed by atoms with Gasteiger partial charge in [0, 0.05) is 30.9 Å². The lowest BCUT2D eigenvalue weighted by Gasteiger charge is -2.22. The van der Waals surface area contributed by atoms with Crippen LogP contribution in [0.15, 0.2) is 18.2 Å². The van der Waals surface area contributed by atoms with Crippen LogP contribution in [0, 0.1) is 22.7 Å². The van der Waals surface area contributed by atoms with Crippen LogP contribution in [0.3, 0.4) is 0 Å². The summed E-state index contributed by atoms with van der Waals surface area (Å²) in [4.78, 5) is 14.1. The highest BCUT2D eigenvalue weighted by Gasteiger charge is 2.17. The van der Waals surface area contributed by atoms with E-state index in [9.17, 15) is 4.79 Å². The Kier molecular flexibility index (Phi) is 5.17. The van der Waals surface area contributed by atoms with Crippen molar-refractivity contribution in [3.8, 4) is 12.1 Å². The van der Waals surface area contributed by atoms with Crippen molar-refractivity contribution in [2.75, 3.05) is 25.0 Å². The number of fused-ring (bicyclic) bond motifs is 1. The predicted molar refractivity (Wildman–Crippen MR) is 79.6 cm³/mol. The molecule has 1 aromatic carbocycles. The van der Waals surface area contributed by atoms with Gasteiger partial charge in [0.2, 0.25) is 0 Å². The molecule has 0 saturated carbocycles. The number of nitrogens with one attached hydrogen (secondary N) is 1. The van der Waals surface area contributed by atoms with Gasteiger partial charge in [-0.1, -0.05) is 0 Å². The zero-order valence-electron chi connectivity index (χ0n) is 11.9. The maximum atomic E-state index is 12.5. The van der Waals surface area contributed by atoms with Crippen LogP contribution in [0.5, 0.6) is 0 Å². The van der Waals surface area contributed by atoms with Crippen LogP contribution in [0.4, 0.5) is 5.69 Å². The van der Waals surface area contributed by atoms with E-state index in [-0.39, 0.29) is 18.7 Å². The Balaban J connectivity index is 2.15. The van der Waals surface area contributed by atoms with E-state index in [1.807, 2.05) is 30.3 Å². The zero-order valence-corrected chi connectivity index (χ0v) is 11.9. The first kappa shape index (κ1) is 14.9. The number of nitrogens with zero attached hydrogens (tertiary/aromatic N) is 3. The quantitative estimate of drug-likeness (QED) is 0.898. The summed E-state index contributed by atoms with van der Waals surface area (Å²) in [5, 5.41) is 20.7. The smallest absolute Gasteiger partial charge is 0.253 e. The highest BCUT2D eigenvalue weighted by molar-refractivity contribution is 5.95. The molecule has 0 aliphatic carbocycles. The molecular formula is C16H18N4O. The van der Waals surface area contributed by atoms with Crippen LogP contribution in [-0.4, -0.2) is 30.4 Å². The number of anilines is 1. The summed E-state index contributed by atoms with van der Waals surface area (Å²) < 4.78 is 0. The minimum atomic E-state index is -0.103. The third kappa shape index (κ3) is 3.73. The Bertz CT molecular complexity index is 579. The lowest BCUT2D eigenvalue weighted by Crippen LogP contribution is -2.33. The highest BCUT2D eigenvalue weighted by atomic mass is 16.2. The molecule has 108 valence electrons. The number of hydrogen-bond acceptors (Lipinski definition) is 4. The topological polar surface area (TPSA) is 79.9 Å². The van der Waals surface area contributed by atoms with Crippen molar-refractivity contribution >= 4 is 11.6 Å². The molecule has 0 fully saturated rings. The molecule has 1 amide bonds. The molecule has 0 radical (unpaired) electrons. The second-order valence-electron chi connectivity index (χ2n) is 5.01. The molecule has 5 heteroatoms. The number of carbonyl (C=O) groups is 1. The van der Waals surface area contributed by atoms with E-state index < -0.39 is 0 Å². The SMILES string of the molecule is N#CCCN(CCC#N)C(=O)c1ccc2c(c1)CCCN2. The van der Waals surface area contributed by atoms with Crippen LogP contribution < -0.4 is 5.32 Å². The maximum absolute atomic E-state index is 12.5. The van der Waals surface area contributed by atoms with Crippen LogP contribution in [-0.2, 0) is 6.42 Å². The summed E-state index contributed by atoms with van der Waals surface area (Å²) in [7, 11) is 0. The molecule has 5 nitrogen and oxygen atoms in total. The monoisotopic (exact) mass is 282 g/mol. The fourth-order valence-electron chi connectivity index (χ4n) is 2.48. The molecule has 1 aliphatic rings. The second-order valence-corrected chi connectivity index (χ2v) is 5.01. The summed E-state index contributed by atoms with van der Waals surface area (Å²) in [6, 6.07) is 9.76. The summed E-state index contributed by atoms with van der Waals surface area (Å²) >= 11 is 0. The highest BCUT2D eigenvalue weighted by Crippen LogP contribution is 2.23. The normalized spacial score (nSPS) is 12.5. The minimum Gasteiger partial charge on any atom is -0.385 e. The molecule has 1 aromatic rings. The second kappa shape index (κ2) is 7.31. The van der Waals surface area contributed by atoms with Crippen molar-refractivity contribution in [1.82, 2.24) is 4.90 Å². The van der Waals surface area contributed by atoms with E-state index in [2.05, 4.69) is 5.32 Å². The number of rotatable bonds is 5. The molecule has 0 atom stereocenters. The number of aryl methyl sites for hydroxylation is 1. The maximum Gasteiger partial charge on any atom is 0.253 e. The van der Waals surface area contributed by atoms with Gasteiger partial charge in [0.05, 0.1) is 25.0 Å². The largest absolute Gasteiger partial charge is 0.385 e. The van der Waals surface area contributed by atoms with E-state index in [1.165, 1.54) is 0 Å². The van der Waals surface area contributed by atoms with E-state index in [1.54, 1.807) is 4.90 Å². The third-order valence-electron chi connectivity index (χ3n) is 3.56. The average Bonchev–Trinajstić information content (AvgIpc) is 2.54. The zero-order chi connectivity index (χ0) is 15.1. The van der Waals surface area contributed by atoms with Crippen LogP contribution in [0.25, 0.3) is 0 Å². The average molecular weight is 282 g/mol. The summed E-state index contributed by atoms with van der Waals surface area (Å²) in [5.74, 6) is -0.103. The first-order valence-corrected chi connectivity index (χ1v) is 7.16. The third-order valence-corrected chi connectivity index (χ3v) is 3.56. The van der Waals surface area contributed by atoms with Crippen molar-refractivity contribution in [1.29, 1.82) is 10.5 Å². The fraction of sp³-hybridized carbons (Fsp3) is 0.438. The molecule has 1 heterocycles. The number of carbonyl (C=O) groups excluding carboxylic acids is 1. The van der Waals surface area contributed by atoms with Gasteiger partial charge < -0.3 is 10.2 Å². The van der Waals surface area contributed by atoms with Crippen LogP contribution >= 0.6 is 0 Å². The minimum absolute atomic E-state index is 0.103. The van der Waals surface area contributed by atoms with E-state index >= 15 is 0 Å². The Morgan fingerprint density at radius 2 is 1.95 bits per heavy atom. The molecule has 0 spiro atoms. The molecule has 0 aromatic heterocycles. The molecule has 1 N–H and O–H groups in total. The predicted octanol–water partition coefficient (Wildman–Crippen LogP) is 2.31. The lowest BCUT2D eigenvalue weighted by atomic mass is 10.0. The number of amides is 1. The molecule has 0 unspecified atom stereocenters. The van der Waals surface area contributed by atoms with Gasteiger partial charge in [-0.25, -0.2) is 0 Å². The summed E-state index contributed by atoms with van der Waals surface area (Å²) in [6.45, 7) is 1.70. The summed E-state index contributed by atoms with van der Waals surface area (Å²) in [5.41, 5.74) is 2.89. The molecule has 0 saturated heterocycles. The molecular weight excluding hydrogens is 264 g/mol. The first-order valence-electron chi connectivity index (χ1n) is 7.16. The van der Waals surface area contributed by atoms with Gasteiger partial charge in [-0.05, 0) is 36.6 Å². The van der Waals surface area contributed by atoms with Crippen molar-refractivity contribution < 1.29 is 4.79 Å². The van der Waals surface area contributed by atoms with Gasteiger partial charge in [0.25, 0.3) is 5.91 Å². The molecule has 0 bridgehead atoms. The van der Waals surface area contributed by atoms with Crippen molar-refractivity contribution in [3.63, 3.8) is 0 Å². The first-order chi connectivity index (χ1) is 10.3. The van der Waals surface area contributed by atoms with Crippen LogP contribution in [0.2, 0.25) is 0 Å². The van der Waals surface area contributed by atoms with E-state index in [0.29, 0.717) is 18.7 Å². The molecule has 21 heavy (non-hydrogen) atoms. The van der Waals surface area contributed by atoms with Gasteiger partial charge in [0.1, 0.15) is 0 Å². The van der Waals surface area contributed by atoms with Gasteiger partial charge in [0.15, 0.2) is 0 Å². The Morgan fingerprint density at radius 3 is 2.62 bits per heavy atom. The van der Waals surface area contributed by atoms with Crippen LogP contribution in [0.1, 0.15) is 35.2 Å². The molecule has 2 rings (SSSR count).